The molecule has 1 heterocycles. The largest absolute Gasteiger partial charge is 0.469 e. The van der Waals surface area contributed by atoms with Gasteiger partial charge < -0.3 is 10.1 Å². The van der Waals surface area contributed by atoms with Crippen LogP contribution in [0.4, 0.5) is 0 Å². The molecule has 0 saturated carbocycles. The lowest BCUT2D eigenvalue weighted by molar-refractivity contribution is -0.141. The number of unbranched alkanes of at least 4 members (excludes halogenated alkanes) is 3. The summed E-state index contributed by atoms with van der Waals surface area (Å²) in [6, 6.07) is 1.37. The Kier molecular flexibility index (Phi) is 8.52. The van der Waals surface area contributed by atoms with E-state index in [-0.39, 0.29) is 5.97 Å². The molecule has 21 heavy (non-hydrogen) atoms. The second-order valence-corrected chi connectivity index (χ2v) is 11.9. The zero-order valence-electron chi connectivity index (χ0n) is 14.4. The minimum Gasteiger partial charge on any atom is -0.469 e. The molecular weight excluding hydrogens is 280 g/mol. The van der Waals surface area contributed by atoms with Crippen LogP contribution in [0, 0.1) is 0 Å². The molecule has 0 aromatic rings. The number of carbonyl (C=O) groups is 1. The predicted molar refractivity (Wildman–Crippen MR) is 91.0 cm³/mol. The molecule has 0 bridgehead atoms. The molecule has 0 aromatic carbocycles. The highest BCUT2D eigenvalue weighted by Crippen LogP contribution is 2.23. The second kappa shape index (κ2) is 9.59. The average molecular weight is 315 g/mol. The highest BCUT2D eigenvalue weighted by molar-refractivity contribution is 6.78. The van der Waals surface area contributed by atoms with Crippen molar-refractivity contribution >= 4 is 14.0 Å². The predicted octanol–water partition coefficient (Wildman–Crippen LogP) is 3.00. The van der Waals surface area contributed by atoms with Crippen molar-refractivity contribution in [3.63, 3.8) is 0 Å². The monoisotopic (exact) mass is 314 g/mol. The van der Waals surface area contributed by atoms with Crippen molar-refractivity contribution in [2.45, 2.75) is 70.4 Å². The molecule has 0 amide bonds. The molecule has 1 unspecified atom stereocenters. The highest BCUT2D eigenvalue weighted by Gasteiger charge is 2.36. The van der Waals surface area contributed by atoms with Crippen LogP contribution >= 0.6 is 0 Å². The molecular formula is C16H34N2O2Si. The Labute approximate surface area is 131 Å². The average Bonchev–Trinajstić information content (AvgIpc) is 2.49. The van der Waals surface area contributed by atoms with Gasteiger partial charge in [-0.2, -0.15) is 0 Å². The zero-order valence-corrected chi connectivity index (χ0v) is 15.4. The van der Waals surface area contributed by atoms with Gasteiger partial charge in [-0.15, -0.1) is 0 Å². The van der Waals surface area contributed by atoms with E-state index in [0.717, 1.165) is 19.6 Å². The fourth-order valence-electron chi connectivity index (χ4n) is 3.27. The fraction of sp³-hybridized carbons (Fsp3) is 0.938. The van der Waals surface area contributed by atoms with Crippen LogP contribution in [0.15, 0.2) is 0 Å². The Bertz CT molecular complexity index is 311. The first-order valence-electron chi connectivity index (χ1n) is 8.55. The molecule has 0 aliphatic carbocycles. The summed E-state index contributed by atoms with van der Waals surface area (Å²) in [6.45, 7) is 10.3. The van der Waals surface area contributed by atoms with Crippen LogP contribution in [0.3, 0.4) is 0 Å². The topological polar surface area (TPSA) is 41.6 Å². The summed E-state index contributed by atoms with van der Waals surface area (Å²) in [4.78, 5) is 13.9. The lowest BCUT2D eigenvalue weighted by Crippen LogP contribution is -2.64. The van der Waals surface area contributed by atoms with Gasteiger partial charge in [0.2, 0.25) is 0 Å². The summed E-state index contributed by atoms with van der Waals surface area (Å²) >= 11 is 0. The first kappa shape index (κ1) is 18.7. The molecule has 1 N–H and O–H groups in total. The Balaban J connectivity index is 2.51. The third kappa shape index (κ3) is 6.49. The molecule has 5 heteroatoms. The number of nitrogens with zero attached hydrogens (tertiary/aromatic N) is 1. The standard InChI is InChI=1S/C16H34N2O2Si/c1-5-6-7-8-14-21(3,4)16-17-11-9-12-18(16)13-10-15(19)20-2/h16-17H,5-14H2,1-4H3. The van der Waals surface area contributed by atoms with E-state index in [1.165, 1.54) is 45.3 Å². The van der Waals surface area contributed by atoms with Crippen molar-refractivity contribution in [3.05, 3.63) is 0 Å². The molecule has 1 rings (SSSR count). The van der Waals surface area contributed by atoms with Crippen LogP contribution in [-0.4, -0.2) is 51.5 Å². The van der Waals surface area contributed by atoms with E-state index in [1.54, 1.807) is 0 Å². The van der Waals surface area contributed by atoms with Crippen LogP contribution in [0.25, 0.3) is 0 Å². The summed E-state index contributed by atoms with van der Waals surface area (Å²) < 4.78 is 4.78. The number of esters is 1. The van der Waals surface area contributed by atoms with Crippen molar-refractivity contribution in [2.75, 3.05) is 26.7 Å². The number of nitrogens with one attached hydrogen (secondary N) is 1. The third-order valence-electron chi connectivity index (χ3n) is 4.57. The fourth-order valence-corrected chi connectivity index (χ4v) is 6.65. The summed E-state index contributed by atoms with van der Waals surface area (Å²) in [5.74, 6) is 0.416. The van der Waals surface area contributed by atoms with E-state index in [0.29, 0.717) is 12.2 Å². The highest BCUT2D eigenvalue weighted by atomic mass is 28.3. The van der Waals surface area contributed by atoms with E-state index >= 15 is 0 Å². The third-order valence-corrected chi connectivity index (χ3v) is 8.26. The smallest absolute Gasteiger partial charge is 0.306 e. The van der Waals surface area contributed by atoms with Crippen molar-refractivity contribution in [1.29, 1.82) is 0 Å². The van der Waals surface area contributed by atoms with Gasteiger partial charge in [0.05, 0.1) is 21.6 Å². The molecule has 1 fully saturated rings. The summed E-state index contributed by atoms with van der Waals surface area (Å²) in [5, 5.41) is 3.73. The van der Waals surface area contributed by atoms with Gasteiger partial charge in [0.15, 0.2) is 0 Å². The van der Waals surface area contributed by atoms with Gasteiger partial charge in [-0.1, -0.05) is 51.7 Å². The van der Waals surface area contributed by atoms with Gasteiger partial charge in [0.25, 0.3) is 0 Å². The van der Waals surface area contributed by atoms with Gasteiger partial charge in [0.1, 0.15) is 0 Å². The van der Waals surface area contributed by atoms with Crippen LogP contribution in [0.2, 0.25) is 19.1 Å². The minimum atomic E-state index is -1.34. The maximum Gasteiger partial charge on any atom is 0.306 e. The quantitative estimate of drug-likeness (QED) is 0.403. The molecule has 124 valence electrons. The number of hydrogen-bond donors (Lipinski definition) is 1. The number of ether oxygens (including phenoxy) is 1. The van der Waals surface area contributed by atoms with E-state index in [1.807, 2.05) is 0 Å². The van der Waals surface area contributed by atoms with E-state index in [9.17, 15) is 4.79 Å². The molecule has 1 atom stereocenters. The second-order valence-electron chi connectivity index (χ2n) is 6.87. The number of methoxy groups -OCH3 is 1. The van der Waals surface area contributed by atoms with Crippen LogP contribution in [0.5, 0.6) is 0 Å². The van der Waals surface area contributed by atoms with Crippen molar-refractivity contribution < 1.29 is 9.53 Å². The molecule has 4 nitrogen and oxygen atoms in total. The lowest BCUT2D eigenvalue weighted by Gasteiger charge is -2.44. The van der Waals surface area contributed by atoms with Crippen molar-refractivity contribution in [3.8, 4) is 0 Å². The summed E-state index contributed by atoms with van der Waals surface area (Å²) in [6.07, 6.45) is 7.06. The van der Waals surface area contributed by atoms with E-state index in [2.05, 4.69) is 30.2 Å². The number of rotatable bonds is 9. The normalized spacial score (nSPS) is 20.5. The van der Waals surface area contributed by atoms with Gasteiger partial charge >= 0.3 is 5.97 Å². The van der Waals surface area contributed by atoms with Crippen LogP contribution in [0.1, 0.15) is 45.4 Å². The van der Waals surface area contributed by atoms with Gasteiger partial charge in [0, 0.05) is 18.9 Å². The first-order valence-corrected chi connectivity index (χ1v) is 11.8. The maximum absolute atomic E-state index is 11.4. The van der Waals surface area contributed by atoms with E-state index in [4.69, 9.17) is 4.74 Å². The molecule has 0 radical (unpaired) electrons. The maximum atomic E-state index is 11.4. The number of hydrogen-bond acceptors (Lipinski definition) is 4. The molecule has 1 aliphatic heterocycles. The van der Waals surface area contributed by atoms with Crippen molar-refractivity contribution in [1.82, 2.24) is 10.2 Å². The number of carbonyl (C=O) groups excluding carboxylic acids is 1. The van der Waals surface area contributed by atoms with Crippen LogP contribution in [-0.2, 0) is 9.53 Å². The Morgan fingerprint density at radius 3 is 2.76 bits per heavy atom. The molecule has 0 spiro atoms. The minimum absolute atomic E-state index is 0.0956. The summed E-state index contributed by atoms with van der Waals surface area (Å²) in [7, 11) is 0.138. The van der Waals surface area contributed by atoms with E-state index < -0.39 is 8.07 Å². The SMILES string of the molecule is CCCCCC[Si](C)(C)C1NCCCN1CCC(=O)OC. The Hall–Kier alpha value is -0.393. The molecule has 0 aromatic heterocycles. The van der Waals surface area contributed by atoms with Gasteiger partial charge in [-0.3, -0.25) is 9.69 Å². The van der Waals surface area contributed by atoms with Gasteiger partial charge in [-0.25, -0.2) is 0 Å². The first-order chi connectivity index (χ1) is 10.0. The van der Waals surface area contributed by atoms with Crippen molar-refractivity contribution in [2.24, 2.45) is 0 Å². The Morgan fingerprint density at radius 1 is 1.33 bits per heavy atom. The summed E-state index contributed by atoms with van der Waals surface area (Å²) in [5.41, 5.74) is 0. The molecule has 1 saturated heterocycles. The zero-order chi connectivity index (χ0) is 15.7. The lowest BCUT2D eigenvalue weighted by atomic mass is 10.2. The molecule has 1 aliphatic rings. The Morgan fingerprint density at radius 2 is 2.10 bits per heavy atom. The van der Waals surface area contributed by atoms with Crippen LogP contribution < -0.4 is 5.32 Å². The van der Waals surface area contributed by atoms with Gasteiger partial charge in [-0.05, 0) is 13.0 Å².